The largest absolute Gasteiger partial charge is 0.477 e. The number of rotatable bonds is 6. The Morgan fingerprint density at radius 2 is 1.86 bits per heavy atom. The number of H-pyrrole nitrogens is 1. The number of piperidine rings is 1. The number of carboxylic acids is 1. The fourth-order valence-corrected chi connectivity index (χ4v) is 6.59. The molecule has 0 spiro atoms. The molecule has 36 heavy (non-hydrogen) atoms. The minimum atomic E-state index is -0.958. The van der Waals surface area contributed by atoms with E-state index >= 15 is 0 Å². The number of nitrogens with zero attached hydrogens (tertiary/aromatic N) is 2. The Morgan fingerprint density at radius 3 is 2.56 bits per heavy atom. The molecule has 0 radical (unpaired) electrons. The SMILES string of the molecule is Cc1[nH]c(C(=O)NC2[C@H]3CN(c4nc(Cc5cccc6ccccc56)c(C(=O)O)s4)C[C@@H]23)c(Cl)c1Cl. The summed E-state index contributed by atoms with van der Waals surface area (Å²) in [7, 11) is 0. The summed E-state index contributed by atoms with van der Waals surface area (Å²) < 4.78 is 0. The van der Waals surface area contributed by atoms with Crippen molar-refractivity contribution in [1.82, 2.24) is 15.3 Å². The molecular weight excluding hydrogens is 519 g/mol. The van der Waals surface area contributed by atoms with Gasteiger partial charge < -0.3 is 20.3 Å². The molecule has 1 saturated heterocycles. The number of anilines is 1. The van der Waals surface area contributed by atoms with Crippen LogP contribution in [0.15, 0.2) is 42.5 Å². The van der Waals surface area contributed by atoms with Crippen LogP contribution in [0.3, 0.4) is 0 Å². The van der Waals surface area contributed by atoms with E-state index in [9.17, 15) is 14.7 Å². The molecule has 2 aromatic heterocycles. The molecular formula is C26H22Cl2N4O3S. The van der Waals surface area contributed by atoms with Crippen molar-refractivity contribution >= 4 is 62.3 Å². The first-order valence-electron chi connectivity index (χ1n) is 11.6. The van der Waals surface area contributed by atoms with Gasteiger partial charge in [-0.05, 0) is 23.3 Å². The summed E-state index contributed by atoms with van der Waals surface area (Å²) in [5.74, 6) is -0.642. The third kappa shape index (κ3) is 3.93. The van der Waals surface area contributed by atoms with Gasteiger partial charge in [0, 0.05) is 43.1 Å². The molecule has 2 aromatic carbocycles. The molecule has 1 aliphatic heterocycles. The van der Waals surface area contributed by atoms with Gasteiger partial charge in [-0.2, -0.15) is 0 Å². The van der Waals surface area contributed by atoms with E-state index in [1.807, 2.05) is 24.3 Å². The van der Waals surface area contributed by atoms with Crippen LogP contribution in [0.2, 0.25) is 10.0 Å². The van der Waals surface area contributed by atoms with Gasteiger partial charge in [0.25, 0.3) is 5.91 Å². The molecule has 4 aromatic rings. The molecule has 10 heteroatoms. The molecule has 0 bridgehead atoms. The first-order chi connectivity index (χ1) is 17.3. The highest BCUT2D eigenvalue weighted by molar-refractivity contribution is 7.17. The van der Waals surface area contributed by atoms with Crippen LogP contribution in [-0.2, 0) is 6.42 Å². The normalized spacial score (nSPS) is 20.5. The molecule has 3 N–H and O–H groups in total. The minimum Gasteiger partial charge on any atom is -0.477 e. The number of aryl methyl sites for hydroxylation is 1. The zero-order chi connectivity index (χ0) is 25.1. The number of aromatic nitrogens is 2. The average molecular weight is 541 g/mol. The van der Waals surface area contributed by atoms with E-state index in [1.54, 1.807) is 6.92 Å². The third-order valence-corrected chi connectivity index (χ3v) is 9.25. The predicted molar refractivity (Wildman–Crippen MR) is 142 cm³/mol. The molecule has 1 saturated carbocycles. The molecule has 3 atom stereocenters. The van der Waals surface area contributed by atoms with Gasteiger partial charge in [-0.1, -0.05) is 77.0 Å². The molecule has 1 aliphatic carbocycles. The number of amides is 1. The summed E-state index contributed by atoms with van der Waals surface area (Å²) in [6.45, 7) is 3.20. The van der Waals surface area contributed by atoms with Gasteiger partial charge in [0.1, 0.15) is 10.6 Å². The number of halogens is 2. The Hall–Kier alpha value is -3.07. The van der Waals surface area contributed by atoms with Crippen molar-refractivity contribution in [2.75, 3.05) is 18.0 Å². The first-order valence-corrected chi connectivity index (χ1v) is 13.2. The smallest absolute Gasteiger partial charge is 0.347 e. The molecule has 184 valence electrons. The number of fused-ring (bicyclic) bond motifs is 2. The number of thiazole rings is 1. The zero-order valence-corrected chi connectivity index (χ0v) is 21.5. The maximum absolute atomic E-state index is 12.7. The molecule has 2 fully saturated rings. The lowest BCUT2D eigenvalue weighted by molar-refractivity contribution is 0.0700. The maximum Gasteiger partial charge on any atom is 0.347 e. The lowest BCUT2D eigenvalue weighted by Crippen LogP contribution is -2.34. The maximum atomic E-state index is 12.7. The number of nitrogens with one attached hydrogen (secondary N) is 2. The Labute approximate surface area is 221 Å². The van der Waals surface area contributed by atoms with E-state index in [-0.39, 0.29) is 39.4 Å². The average Bonchev–Trinajstić information content (AvgIpc) is 3.22. The van der Waals surface area contributed by atoms with Crippen LogP contribution >= 0.6 is 34.5 Å². The van der Waals surface area contributed by atoms with E-state index in [4.69, 9.17) is 28.2 Å². The second-order valence-corrected chi connectivity index (χ2v) is 11.1. The van der Waals surface area contributed by atoms with Crippen LogP contribution in [0.25, 0.3) is 10.8 Å². The van der Waals surface area contributed by atoms with E-state index in [0.717, 1.165) is 21.5 Å². The molecule has 1 amide bonds. The highest BCUT2D eigenvalue weighted by atomic mass is 35.5. The van der Waals surface area contributed by atoms with Crippen molar-refractivity contribution in [3.63, 3.8) is 0 Å². The number of benzene rings is 2. The van der Waals surface area contributed by atoms with E-state index in [1.165, 1.54) is 11.3 Å². The van der Waals surface area contributed by atoms with Crippen molar-refractivity contribution in [1.29, 1.82) is 0 Å². The topological polar surface area (TPSA) is 98.3 Å². The summed E-state index contributed by atoms with van der Waals surface area (Å²) in [4.78, 5) is 34.8. The Balaban J connectivity index is 1.16. The van der Waals surface area contributed by atoms with Gasteiger partial charge in [-0.15, -0.1) is 0 Å². The van der Waals surface area contributed by atoms with Gasteiger partial charge in [-0.25, -0.2) is 9.78 Å². The van der Waals surface area contributed by atoms with E-state index in [0.29, 0.717) is 35.9 Å². The van der Waals surface area contributed by atoms with Gasteiger partial charge >= 0.3 is 5.97 Å². The summed E-state index contributed by atoms with van der Waals surface area (Å²) in [6, 6.07) is 14.2. The molecule has 2 aliphatic rings. The number of hydrogen-bond donors (Lipinski definition) is 3. The number of carboxylic acid groups (broad SMARTS) is 1. The van der Waals surface area contributed by atoms with Gasteiger partial charge in [0.05, 0.1) is 15.7 Å². The standard InChI is InChI=1S/C26H22Cl2N4O3S/c1-12-19(27)20(28)22(29-12)24(33)31-21-16-10-32(11-17(16)21)26-30-18(23(36-26)25(34)35)9-14-7-4-6-13-5-2-3-8-15(13)14/h2-8,16-17,21,29H,9-11H2,1H3,(H,31,33)(H,34,35)/t16-,17+,21?. The molecule has 1 unspecified atom stereocenters. The number of aromatic carboxylic acids is 1. The molecule has 6 rings (SSSR count). The second kappa shape index (κ2) is 8.80. The number of carbonyl (C=O) groups excluding carboxylic acids is 1. The Morgan fingerprint density at radius 1 is 1.14 bits per heavy atom. The Bertz CT molecular complexity index is 1510. The fraction of sp³-hybridized carbons (Fsp3) is 0.269. The number of aromatic amines is 1. The highest BCUT2D eigenvalue weighted by Crippen LogP contribution is 2.48. The fourth-order valence-electron chi connectivity index (χ4n) is 5.24. The Kier molecular flexibility index (Phi) is 5.70. The third-order valence-electron chi connectivity index (χ3n) is 7.16. The van der Waals surface area contributed by atoms with Crippen molar-refractivity contribution in [2.45, 2.75) is 19.4 Å². The number of carbonyl (C=O) groups is 2. The van der Waals surface area contributed by atoms with Crippen LogP contribution in [0, 0.1) is 18.8 Å². The zero-order valence-electron chi connectivity index (χ0n) is 19.2. The second-order valence-electron chi connectivity index (χ2n) is 9.38. The van der Waals surface area contributed by atoms with Crippen LogP contribution in [-0.4, -0.2) is 46.1 Å². The summed E-state index contributed by atoms with van der Waals surface area (Å²) in [5, 5.41) is 16.4. The summed E-state index contributed by atoms with van der Waals surface area (Å²) in [6.07, 6.45) is 0.456. The van der Waals surface area contributed by atoms with Crippen LogP contribution in [0.4, 0.5) is 5.13 Å². The van der Waals surface area contributed by atoms with Gasteiger partial charge in [-0.3, -0.25) is 4.79 Å². The van der Waals surface area contributed by atoms with Crippen molar-refractivity contribution in [3.05, 3.63) is 80.0 Å². The van der Waals surface area contributed by atoms with Crippen LogP contribution in [0.5, 0.6) is 0 Å². The van der Waals surface area contributed by atoms with E-state index in [2.05, 4.69) is 33.4 Å². The van der Waals surface area contributed by atoms with Crippen LogP contribution in [0.1, 0.15) is 37.1 Å². The van der Waals surface area contributed by atoms with Gasteiger partial charge in [0.15, 0.2) is 5.13 Å². The lowest BCUT2D eigenvalue weighted by atomic mass is 10.0. The number of hydrogen-bond acceptors (Lipinski definition) is 5. The van der Waals surface area contributed by atoms with E-state index < -0.39 is 5.97 Å². The van der Waals surface area contributed by atoms with Crippen molar-refractivity contribution in [2.24, 2.45) is 11.8 Å². The van der Waals surface area contributed by atoms with Crippen molar-refractivity contribution < 1.29 is 14.7 Å². The first kappa shape index (κ1) is 23.3. The molecule has 3 heterocycles. The van der Waals surface area contributed by atoms with Crippen molar-refractivity contribution in [3.8, 4) is 0 Å². The minimum absolute atomic E-state index is 0.0567. The summed E-state index contributed by atoms with van der Waals surface area (Å²) >= 11 is 13.5. The quantitative estimate of drug-likeness (QED) is 0.304. The highest BCUT2D eigenvalue weighted by Gasteiger charge is 2.57. The monoisotopic (exact) mass is 540 g/mol. The summed E-state index contributed by atoms with van der Waals surface area (Å²) in [5.41, 5.74) is 2.58. The predicted octanol–water partition coefficient (Wildman–Crippen LogP) is 5.39. The van der Waals surface area contributed by atoms with Gasteiger partial charge in [0.2, 0.25) is 0 Å². The lowest BCUT2D eigenvalue weighted by Gasteiger charge is -2.19. The van der Waals surface area contributed by atoms with Crippen LogP contribution < -0.4 is 10.2 Å². The molecule has 7 nitrogen and oxygen atoms in total.